The minimum Gasteiger partial charge on any atom is -0.475 e. The molecule has 0 aliphatic rings. The van der Waals surface area contributed by atoms with Gasteiger partial charge in [0.15, 0.2) is 0 Å². The van der Waals surface area contributed by atoms with E-state index < -0.39 is 37.2 Å². The number of nitrogens with two attached hydrogens (primary N) is 1. The van der Waals surface area contributed by atoms with Gasteiger partial charge in [-0.25, -0.2) is 22.0 Å². The Morgan fingerprint density at radius 3 is 2.00 bits per heavy atom. The topological polar surface area (TPSA) is 77.7 Å². The van der Waals surface area contributed by atoms with Gasteiger partial charge >= 0.3 is 6.36 Å². The maximum absolute atomic E-state index is 13.7. The molecule has 2 N–H and O–H groups in total. The van der Waals surface area contributed by atoms with Crippen molar-refractivity contribution < 1.29 is 49.4 Å². The summed E-state index contributed by atoms with van der Waals surface area (Å²) in [4.78, 5) is 14.0. The Hall–Kier alpha value is -3.32. The lowest BCUT2D eigenvalue weighted by Gasteiger charge is -2.22. The van der Waals surface area contributed by atoms with Crippen molar-refractivity contribution in [2.24, 2.45) is 5.73 Å². The third kappa shape index (κ3) is 11.8. The smallest absolute Gasteiger partial charge is 0.475 e. The molecule has 0 bridgehead atoms. The molecule has 0 saturated carbocycles. The molecule has 0 atom stereocenters. The van der Waals surface area contributed by atoms with E-state index in [2.05, 4.69) is 15.5 Å². The molecule has 0 fully saturated rings. The molecular weight excluding hydrogens is 470 g/mol. The van der Waals surface area contributed by atoms with E-state index >= 15 is 0 Å². The van der Waals surface area contributed by atoms with Crippen LogP contribution >= 0.6 is 0 Å². The number of hydrogen-bond acceptors (Lipinski definition) is 5. The van der Waals surface area contributed by atoms with Gasteiger partial charge in [0.2, 0.25) is 19.2 Å². The number of rotatable bonds is 7. The number of halogens is 8. The van der Waals surface area contributed by atoms with Crippen LogP contribution < -0.4 is 20.1 Å². The lowest BCUT2D eigenvalue weighted by Crippen LogP contribution is -2.17. The molecule has 33 heavy (non-hydrogen) atoms. The first kappa shape index (κ1) is 29.7. The predicted molar refractivity (Wildman–Crippen MR) is 104 cm³/mol. The van der Waals surface area contributed by atoms with E-state index in [9.17, 15) is 35.1 Å². The van der Waals surface area contributed by atoms with Gasteiger partial charge in [0.1, 0.15) is 24.8 Å². The van der Waals surface area contributed by atoms with E-state index in [4.69, 9.17) is 9.53 Å². The molecule has 2 aromatic rings. The van der Waals surface area contributed by atoms with Gasteiger partial charge in [-0.2, -0.15) is 4.98 Å². The van der Waals surface area contributed by atoms with Crippen LogP contribution in [0, 0.1) is 0 Å². The second kappa shape index (κ2) is 14.0. The third-order valence-electron chi connectivity index (χ3n) is 3.42. The van der Waals surface area contributed by atoms with Gasteiger partial charge in [-0.05, 0) is 30.3 Å². The second-order valence-electron chi connectivity index (χ2n) is 5.82. The first-order valence-corrected chi connectivity index (χ1v) is 8.78. The minimum atomic E-state index is -4.82. The molecule has 0 spiro atoms. The van der Waals surface area contributed by atoms with Gasteiger partial charge in [-0.1, -0.05) is 0 Å². The molecule has 0 unspecified atom stereocenters. The maximum atomic E-state index is 13.7. The number of amides is 1. The van der Waals surface area contributed by atoms with Gasteiger partial charge in [0.05, 0.1) is 0 Å². The van der Waals surface area contributed by atoms with E-state index in [0.717, 1.165) is 24.3 Å². The minimum absolute atomic E-state index is 0.0485. The van der Waals surface area contributed by atoms with Crippen molar-refractivity contribution in [2.45, 2.75) is 19.2 Å². The highest BCUT2D eigenvalue weighted by atomic mass is 19.4. The monoisotopic (exact) mass is 491 g/mol. The molecule has 1 aromatic carbocycles. The summed E-state index contributed by atoms with van der Waals surface area (Å²) >= 11 is 0. The fraction of sp³-hybridized carbons (Fsp3) is 0.368. The number of primary amides is 1. The number of alkyl halides is 8. The summed E-state index contributed by atoms with van der Waals surface area (Å²) in [6.45, 7) is -2.23. The second-order valence-corrected chi connectivity index (χ2v) is 5.82. The molecule has 0 radical (unpaired) electrons. The van der Waals surface area contributed by atoms with E-state index in [1.54, 1.807) is 0 Å². The van der Waals surface area contributed by atoms with Gasteiger partial charge < -0.3 is 20.1 Å². The summed E-state index contributed by atoms with van der Waals surface area (Å²) in [6.07, 6.45) is -4.57. The lowest BCUT2D eigenvalue weighted by molar-refractivity contribution is -0.274. The lowest BCUT2D eigenvalue weighted by atomic mass is 10.1. The Morgan fingerprint density at radius 1 is 1.06 bits per heavy atom. The number of nitrogens with zero attached hydrogens (tertiary/aromatic N) is 2. The summed E-state index contributed by atoms with van der Waals surface area (Å²) in [5.74, 6) is -3.76. The third-order valence-corrected chi connectivity index (χ3v) is 3.42. The molecule has 0 aliphatic heterocycles. The Morgan fingerprint density at radius 2 is 1.58 bits per heavy atom. The highest BCUT2D eigenvalue weighted by Crippen LogP contribution is 2.34. The number of hydrogen-bond donors (Lipinski definition) is 1. The summed E-state index contributed by atoms with van der Waals surface area (Å²) in [7, 11) is 1.48. The number of carbonyl (C=O) groups excluding carboxylic acids is 1. The first-order valence-electron chi connectivity index (χ1n) is 8.78. The molecule has 2 rings (SSSR count). The first-order chi connectivity index (χ1) is 15.3. The highest BCUT2D eigenvalue weighted by Gasteiger charge is 2.31. The number of carbonyl (C=O) groups is 1. The molecule has 6 nitrogen and oxygen atoms in total. The van der Waals surface area contributed by atoms with Crippen molar-refractivity contribution in [3.8, 4) is 11.6 Å². The summed E-state index contributed by atoms with van der Waals surface area (Å²) < 4.78 is 104. The SMILES string of the molecule is CN(c1ccc(OC(F)(F)F)cc1)c1cc(C(C)(F)F)cc(OCCF)n1.FCF.NC=O. The molecule has 1 aromatic heterocycles. The van der Waals surface area contributed by atoms with Gasteiger partial charge in [-0.15, -0.1) is 13.2 Å². The number of ether oxygens (including phenoxy) is 2. The van der Waals surface area contributed by atoms with Crippen LogP contribution in [-0.2, 0) is 10.7 Å². The number of aromatic nitrogens is 1. The van der Waals surface area contributed by atoms with Crippen LogP contribution in [0.1, 0.15) is 12.5 Å². The van der Waals surface area contributed by atoms with Gasteiger partial charge in [-0.3, -0.25) is 4.79 Å². The van der Waals surface area contributed by atoms with Crippen LogP contribution in [0.15, 0.2) is 36.4 Å². The summed E-state index contributed by atoms with van der Waals surface area (Å²) in [5, 5.41) is 0. The Bertz CT molecular complexity index is 831. The van der Waals surface area contributed by atoms with Crippen molar-refractivity contribution >= 4 is 17.9 Å². The normalized spacial score (nSPS) is 10.7. The van der Waals surface area contributed by atoms with Crippen LogP contribution in [0.2, 0.25) is 0 Å². The molecule has 0 saturated heterocycles. The van der Waals surface area contributed by atoms with Crippen LogP contribution in [0.4, 0.5) is 46.6 Å². The quantitative estimate of drug-likeness (QED) is 0.426. The van der Waals surface area contributed by atoms with Crippen molar-refractivity contribution in [1.82, 2.24) is 4.98 Å². The van der Waals surface area contributed by atoms with Crippen LogP contribution in [0.3, 0.4) is 0 Å². The molecule has 0 aliphatic carbocycles. The number of benzene rings is 1. The van der Waals surface area contributed by atoms with E-state index in [0.29, 0.717) is 12.6 Å². The number of pyridine rings is 1. The van der Waals surface area contributed by atoms with Gasteiger partial charge in [0.25, 0.3) is 5.92 Å². The average molecular weight is 491 g/mol. The predicted octanol–water partition coefficient (Wildman–Crippen LogP) is 5.19. The van der Waals surface area contributed by atoms with Crippen molar-refractivity contribution in [1.29, 1.82) is 0 Å². The zero-order chi connectivity index (χ0) is 25.7. The van der Waals surface area contributed by atoms with E-state index in [1.165, 1.54) is 24.1 Å². The maximum Gasteiger partial charge on any atom is 0.573 e. The molecule has 186 valence electrons. The zero-order valence-electron chi connectivity index (χ0n) is 17.4. The molecule has 14 heteroatoms. The van der Waals surface area contributed by atoms with Crippen molar-refractivity contribution in [3.63, 3.8) is 0 Å². The molecular formula is C19H21F8N3O3. The van der Waals surface area contributed by atoms with Crippen molar-refractivity contribution in [2.75, 3.05) is 32.2 Å². The fourth-order valence-electron chi connectivity index (χ4n) is 2.14. The summed E-state index contributed by atoms with van der Waals surface area (Å²) in [5.41, 5.74) is 4.13. The average Bonchev–Trinajstić information content (AvgIpc) is 2.71. The zero-order valence-corrected chi connectivity index (χ0v) is 17.4. The Kier molecular flexibility index (Phi) is 12.6. The van der Waals surface area contributed by atoms with Crippen LogP contribution in [0.5, 0.6) is 11.6 Å². The van der Waals surface area contributed by atoms with E-state index in [1.807, 2.05) is 0 Å². The van der Waals surface area contributed by atoms with Crippen LogP contribution in [-0.4, -0.2) is 45.0 Å². The van der Waals surface area contributed by atoms with Crippen molar-refractivity contribution in [3.05, 3.63) is 42.0 Å². The Balaban J connectivity index is 0.00000154. The molecule has 1 amide bonds. The fourth-order valence-corrected chi connectivity index (χ4v) is 2.14. The largest absolute Gasteiger partial charge is 0.573 e. The van der Waals surface area contributed by atoms with Gasteiger partial charge in [0, 0.05) is 31.3 Å². The van der Waals surface area contributed by atoms with Crippen LogP contribution in [0.25, 0.3) is 0 Å². The number of anilines is 2. The van der Waals surface area contributed by atoms with E-state index in [-0.39, 0.29) is 24.7 Å². The highest BCUT2D eigenvalue weighted by molar-refractivity contribution is 5.61. The standard InChI is InChI=1S/C17H16F6N2O2.CH2F2.CH3NO/c1-16(19,20)11-9-14(24-15(10-11)26-8-7-18)25(2)12-3-5-13(6-4-12)27-17(21,22)23;2*2-1-3/h3-6,9-10H,7-8H2,1-2H3;1H2;1H,(H2,2,3). The Labute approximate surface area is 183 Å². The molecule has 1 heterocycles. The summed E-state index contributed by atoms with van der Waals surface area (Å²) in [6, 6.07) is 6.90.